The second-order valence-electron chi connectivity index (χ2n) is 2.86. The van der Waals surface area contributed by atoms with Gasteiger partial charge in [0.05, 0.1) is 0 Å². The Morgan fingerprint density at radius 3 is 3.14 bits per heavy atom. The number of hydrogen-bond acceptors (Lipinski definition) is 3. The van der Waals surface area contributed by atoms with Gasteiger partial charge < -0.3 is 15.8 Å². The van der Waals surface area contributed by atoms with Gasteiger partial charge in [0.15, 0.2) is 0 Å². The van der Waals surface area contributed by atoms with E-state index in [0.717, 1.165) is 24.6 Å². The average Bonchev–Trinajstić information content (AvgIpc) is 2.59. The number of H-pyrrole nitrogens is 1. The number of carboxylic acids is 1. The van der Waals surface area contributed by atoms with Crippen molar-refractivity contribution < 1.29 is 9.90 Å². The average molecular weight is 195 g/mol. The Labute approximate surface area is 81.7 Å². The van der Waals surface area contributed by atoms with Crippen LogP contribution in [0.5, 0.6) is 0 Å². The van der Waals surface area contributed by atoms with Crippen molar-refractivity contribution in [3.63, 3.8) is 0 Å². The summed E-state index contributed by atoms with van der Waals surface area (Å²) in [5.41, 5.74) is 6.33. The predicted molar refractivity (Wildman–Crippen MR) is 52.6 cm³/mol. The van der Waals surface area contributed by atoms with Gasteiger partial charge in [-0.2, -0.15) is 0 Å². The first kappa shape index (κ1) is 10.5. The number of aromatic nitrogens is 2. The summed E-state index contributed by atoms with van der Waals surface area (Å²) in [7, 11) is 0. The van der Waals surface area contributed by atoms with Crippen molar-refractivity contribution in [2.45, 2.75) is 12.8 Å². The number of aryl methyl sites for hydroxylation is 1. The van der Waals surface area contributed by atoms with E-state index in [9.17, 15) is 4.79 Å². The van der Waals surface area contributed by atoms with Crippen LogP contribution in [0.25, 0.3) is 6.08 Å². The molecule has 0 aromatic carbocycles. The zero-order chi connectivity index (χ0) is 10.4. The largest absolute Gasteiger partial charge is 0.478 e. The lowest BCUT2D eigenvalue weighted by Crippen LogP contribution is -2.00. The molecule has 1 aromatic heterocycles. The van der Waals surface area contributed by atoms with Gasteiger partial charge in [0.25, 0.3) is 0 Å². The number of aliphatic carboxylic acids is 1. The van der Waals surface area contributed by atoms with Crippen LogP contribution in [0, 0.1) is 0 Å². The molecule has 1 rings (SSSR count). The molecule has 0 radical (unpaired) electrons. The molecule has 0 aliphatic heterocycles. The molecule has 0 aliphatic carbocycles. The molecule has 0 amide bonds. The Hall–Kier alpha value is -1.62. The monoisotopic (exact) mass is 195 g/mol. The van der Waals surface area contributed by atoms with Crippen molar-refractivity contribution in [1.82, 2.24) is 9.97 Å². The molecule has 76 valence electrons. The molecule has 4 N–H and O–H groups in total. The van der Waals surface area contributed by atoms with E-state index in [0.29, 0.717) is 12.4 Å². The minimum atomic E-state index is -0.982. The molecule has 0 aliphatic rings. The SMILES string of the molecule is NCCCc1cnc(C=CC(=O)O)[nH]1. The third kappa shape index (κ3) is 3.40. The molecule has 0 spiro atoms. The van der Waals surface area contributed by atoms with Crippen LogP contribution in [0.1, 0.15) is 17.9 Å². The topological polar surface area (TPSA) is 92.0 Å². The van der Waals surface area contributed by atoms with Gasteiger partial charge in [-0.05, 0) is 25.5 Å². The normalized spacial score (nSPS) is 10.9. The molecule has 1 heterocycles. The lowest BCUT2D eigenvalue weighted by molar-refractivity contribution is -0.131. The highest BCUT2D eigenvalue weighted by Crippen LogP contribution is 2.01. The maximum Gasteiger partial charge on any atom is 0.328 e. The number of imidazole rings is 1. The van der Waals surface area contributed by atoms with E-state index < -0.39 is 5.97 Å². The first-order valence-electron chi connectivity index (χ1n) is 4.37. The Morgan fingerprint density at radius 1 is 1.71 bits per heavy atom. The summed E-state index contributed by atoms with van der Waals surface area (Å²) in [6.07, 6.45) is 5.89. The number of rotatable bonds is 5. The number of aromatic amines is 1. The van der Waals surface area contributed by atoms with Crippen LogP contribution in [0.2, 0.25) is 0 Å². The van der Waals surface area contributed by atoms with E-state index in [1.165, 1.54) is 6.08 Å². The molecule has 0 fully saturated rings. The fraction of sp³-hybridized carbons (Fsp3) is 0.333. The van der Waals surface area contributed by atoms with E-state index in [1.54, 1.807) is 6.20 Å². The fourth-order valence-corrected chi connectivity index (χ4v) is 1.03. The van der Waals surface area contributed by atoms with E-state index in [-0.39, 0.29) is 0 Å². The van der Waals surface area contributed by atoms with Crippen molar-refractivity contribution in [3.8, 4) is 0 Å². The number of nitrogens with two attached hydrogens (primary N) is 1. The highest BCUT2D eigenvalue weighted by molar-refractivity contribution is 5.84. The number of carboxylic acid groups (broad SMARTS) is 1. The van der Waals surface area contributed by atoms with Crippen molar-refractivity contribution in [2.75, 3.05) is 6.54 Å². The van der Waals surface area contributed by atoms with Crippen molar-refractivity contribution in [1.29, 1.82) is 0 Å². The van der Waals surface area contributed by atoms with Gasteiger partial charge >= 0.3 is 5.97 Å². The Morgan fingerprint density at radius 2 is 2.50 bits per heavy atom. The summed E-state index contributed by atoms with van der Waals surface area (Å²) in [4.78, 5) is 17.2. The molecule has 0 unspecified atom stereocenters. The summed E-state index contributed by atoms with van der Waals surface area (Å²) in [5.74, 6) is -0.427. The van der Waals surface area contributed by atoms with E-state index >= 15 is 0 Å². The lowest BCUT2D eigenvalue weighted by Gasteiger charge is -1.92. The second kappa shape index (κ2) is 5.18. The minimum Gasteiger partial charge on any atom is -0.478 e. The molecule has 0 atom stereocenters. The van der Waals surface area contributed by atoms with Gasteiger partial charge in [-0.25, -0.2) is 9.78 Å². The van der Waals surface area contributed by atoms with Gasteiger partial charge in [0, 0.05) is 18.0 Å². The van der Waals surface area contributed by atoms with Gasteiger partial charge in [-0.3, -0.25) is 0 Å². The van der Waals surface area contributed by atoms with Gasteiger partial charge in [-0.1, -0.05) is 0 Å². The van der Waals surface area contributed by atoms with Crippen molar-refractivity contribution >= 4 is 12.0 Å². The van der Waals surface area contributed by atoms with Crippen molar-refractivity contribution in [3.05, 3.63) is 23.8 Å². The minimum absolute atomic E-state index is 0.555. The Kier molecular flexibility index (Phi) is 3.87. The van der Waals surface area contributed by atoms with E-state index in [1.807, 2.05) is 0 Å². The number of nitrogens with one attached hydrogen (secondary N) is 1. The van der Waals surface area contributed by atoms with Crippen LogP contribution in [0.4, 0.5) is 0 Å². The smallest absolute Gasteiger partial charge is 0.328 e. The van der Waals surface area contributed by atoms with Crippen LogP contribution in [0.15, 0.2) is 12.3 Å². The highest BCUT2D eigenvalue weighted by atomic mass is 16.4. The summed E-state index contributed by atoms with van der Waals surface area (Å²) in [6.45, 7) is 0.638. The number of carbonyl (C=O) groups is 1. The summed E-state index contributed by atoms with van der Waals surface area (Å²) in [5, 5.41) is 8.38. The number of hydrogen-bond donors (Lipinski definition) is 3. The molecule has 14 heavy (non-hydrogen) atoms. The summed E-state index contributed by atoms with van der Waals surface area (Å²) in [6, 6.07) is 0. The number of nitrogens with zero attached hydrogens (tertiary/aromatic N) is 1. The first-order chi connectivity index (χ1) is 6.72. The first-order valence-corrected chi connectivity index (χ1v) is 4.37. The van der Waals surface area contributed by atoms with Crippen LogP contribution < -0.4 is 5.73 Å². The third-order valence-electron chi connectivity index (χ3n) is 1.68. The maximum atomic E-state index is 10.2. The van der Waals surface area contributed by atoms with Gasteiger partial charge in [-0.15, -0.1) is 0 Å². The van der Waals surface area contributed by atoms with Crippen LogP contribution >= 0.6 is 0 Å². The van der Waals surface area contributed by atoms with Crippen LogP contribution in [-0.4, -0.2) is 27.6 Å². The highest BCUT2D eigenvalue weighted by Gasteiger charge is 1.97. The van der Waals surface area contributed by atoms with Crippen molar-refractivity contribution in [2.24, 2.45) is 5.73 Å². The molecule has 5 heteroatoms. The molecule has 1 aromatic rings. The molecular formula is C9H13N3O2. The molecular weight excluding hydrogens is 182 g/mol. The molecule has 0 saturated carbocycles. The third-order valence-corrected chi connectivity index (χ3v) is 1.68. The maximum absolute atomic E-state index is 10.2. The Balaban J connectivity index is 2.54. The predicted octanol–water partition coefficient (Wildman–Crippen LogP) is 0.399. The van der Waals surface area contributed by atoms with Crippen LogP contribution in [-0.2, 0) is 11.2 Å². The quantitative estimate of drug-likeness (QED) is 0.593. The summed E-state index contributed by atoms with van der Waals surface area (Å²) < 4.78 is 0. The standard InChI is InChI=1S/C9H13N3O2/c10-5-1-2-7-6-11-8(12-7)3-4-9(13)14/h3-4,6H,1-2,5,10H2,(H,11,12)(H,13,14). The second-order valence-corrected chi connectivity index (χ2v) is 2.86. The fourth-order valence-electron chi connectivity index (χ4n) is 1.03. The zero-order valence-electron chi connectivity index (χ0n) is 7.73. The lowest BCUT2D eigenvalue weighted by atomic mass is 10.2. The van der Waals surface area contributed by atoms with Gasteiger partial charge in [0.1, 0.15) is 5.82 Å². The Bertz CT molecular complexity index is 331. The molecule has 0 saturated heterocycles. The molecule has 0 bridgehead atoms. The zero-order valence-corrected chi connectivity index (χ0v) is 7.73. The van der Waals surface area contributed by atoms with E-state index in [2.05, 4.69) is 9.97 Å². The van der Waals surface area contributed by atoms with Gasteiger partial charge in [0.2, 0.25) is 0 Å². The summed E-state index contributed by atoms with van der Waals surface area (Å²) >= 11 is 0. The van der Waals surface area contributed by atoms with E-state index in [4.69, 9.17) is 10.8 Å². The molecule has 5 nitrogen and oxygen atoms in total. The van der Waals surface area contributed by atoms with Crippen LogP contribution in [0.3, 0.4) is 0 Å².